The number of rotatable bonds is 5. The molecule has 5 nitrogen and oxygen atoms in total. The Bertz CT molecular complexity index is 469. The molecular weight excluding hydrogens is 240 g/mol. The second-order valence-corrected chi connectivity index (χ2v) is 6.06. The number of nitrogens with one attached hydrogen (secondary N) is 1. The molecule has 0 aliphatic heterocycles. The molecule has 94 valence electrons. The first kappa shape index (κ1) is 13.7. The number of anilines is 1. The van der Waals surface area contributed by atoms with E-state index in [4.69, 9.17) is 5.73 Å². The summed E-state index contributed by atoms with van der Waals surface area (Å²) in [7, 11) is -3.44. The first-order chi connectivity index (χ1) is 7.89. The lowest BCUT2D eigenvalue weighted by molar-refractivity contribution is -0.113. The highest BCUT2D eigenvalue weighted by Crippen LogP contribution is 2.05. The zero-order valence-corrected chi connectivity index (χ0v) is 10.4. The number of para-hydroxylation sites is 1. The van der Waals surface area contributed by atoms with Gasteiger partial charge < -0.3 is 11.1 Å². The van der Waals surface area contributed by atoms with Crippen LogP contribution in [0.3, 0.4) is 0 Å². The smallest absolute Gasteiger partial charge is 0.239 e. The van der Waals surface area contributed by atoms with E-state index in [1.54, 1.807) is 31.2 Å². The highest BCUT2D eigenvalue weighted by molar-refractivity contribution is 7.92. The number of benzene rings is 1. The van der Waals surface area contributed by atoms with Crippen LogP contribution < -0.4 is 11.1 Å². The predicted octanol–water partition coefficient (Wildman–Crippen LogP) is 0.387. The normalized spacial score (nSPS) is 13.1. The second kappa shape index (κ2) is 5.79. The van der Waals surface area contributed by atoms with Gasteiger partial charge >= 0.3 is 0 Å². The van der Waals surface area contributed by atoms with Gasteiger partial charge in [-0.3, -0.25) is 4.79 Å². The Hall–Kier alpha value is -1.40. The molecule has 0 aliphatic carbocycles. The summed E-state index contributed by atoms with van der Waals surface area (Å²) in [5.41, 5.74) is 5.97. The number of sulfone groups is 1. The summed E-state index contributed by atoms with van der Waals surface area (Å²) in [6.07, 6.45) is 0. The van der Waals surface area contributed by atoms with Crippen molar-refractivity contribution in [2.75, 3.05) is 16.8 Å². The van der Waals surface area contributed by atoms with Gasteiger partial charge in [0.25, 0.3) is 0 Å². The van der Waals surface area contributed by atoms with Gasteiger partial charge in [-0.25, -0.2) is 8.42 Å². The van der Waals surface area contributed by atoms with E-state index >= 15 is 0 Å². The molecule has 1 aromatic rings. The van der Waals surface area contributed by atoms with E-state index in [0.29, 0.717) is 5.69 Å². The van der Waals surface area contributed by atoms with Crippen molar-refractivity contribution in [1.82, 2.24) is 0 Å². The molecular formula is C11H16N2O3S. The van der Waals surface area contributed by atoms with E-state index in [1.807, 2.05) is 6.07 Å². The van der Waals surface area contributed by atoms with Gasteiger partial charge in [0.1, 0.15) is 5.75 Å². The lowest BCUT2D eigenvalue weighted by Gasteiger charge is -2.07. The van der Waals surface area contributed by atoms with Crippen LogP contribution in [-0.4, -0.2) is 31.9 Å². The van der Waals surface area contributed by atoms with E-state index < -0.39 is 27.5 Å². The lowest BCUT2D eigenvalue weighted by Crippen LogP contribution is -2.32. The molecule has 0 heterocycles. The molecule has 0 aromatic heterocycles. The first-order valence-electron chi connectivity index (χ1n) is 5.20. The summed E-state index contributed by atoms with van der Waals surface area (Å²) in [4.78, 5) is 11.5. The minimum atomic E-state index is -3.44. The van der Waals surface area contributed by atoms with Crippen LogP contribution in [0.15, 0.2) is 30.3 Å². The molecule has 1 amide bonds. The summed E-state index contributed by atoms with van der Waals surface area (Å²) in [6.45, 7) is 1.59. The molecule has 0 saturated carbocycles. The molecule has 0 aliphatic rings. The number of amides is 1. The summed E-state index contributed by atoms with van der Waals surface area (Å²) in [6, 6.07) is 8.23. The van der Waals surface area contributed by atoms with Crippen LogP contribution in [0.25, 0.3) is 0 Å². The van der Waals surface area contributed by atoms with Crippen molar-refractivity contribution in [3.05, 3.63) is 30.3 Å². The Balaban J connectivity index is 2.56. The van der Waals surface area contributed by atoms with Crippen LogP contribution in [0.2, 0.25) is 0 Å². The second-order valence-electron chi connectivity index (χ2n) is 3.95. The number of hydrogen-bond donors (Lipinski definition) is 2. The molecule has 0 spiro atoms. The van der Waals surface area contributed by atoms with Crippen LogP contribution in [-0.2, 0) is 14.6 Å². The fourth-order valence-electron chi connectivity index (χ4n) is 1.38. The average Bonchev–Trinajstić information content (AvgIpc) is 2.15. The topological polar surface area (TPSA) is 89.3 Å². The minimum absolute atomic E-state index is 0.185. The standard InChI is InChI=1S/C11H16N2O3S/c1-9(12)7-17(15,16)8-11(14)13-10-5-3-2-4-6-10/h2-6,9H,7-8,12H2,1H3,(H,13,14). The van der Waals surface area contributed by atoms with Crippen LogP contribution in [0.1, 0.15) is 6.92 Å². The summed E-state index contributed by atoms with van der Waals surface area (Å²) < 4.78 is 23.0. The molecule has 1 aromatic carbocycles. The van der Waals surface area contributed by atoms with Gasteiger partial charge in [-0.05, 0) is 19.1 Å². The summed E-state index contributed by atoms with van der Waals surface area (Å²) in [5, 5.41) is 2.51. The zero-order chi connectivity index (χ0) is 12.9. The van der Waals surface area contributed by atoms with Crippen molar-refractivity contribution in [3.8, 4) is 0 Å². The highest BCUT2D eigenvalue weighted by Gasteiger charge is 2.18. The predicted molar refractivity (Wildman–Crippen MR) is 67.4 cm³/mol. The van der Waals surface area contributed by atoms with Crippen molar-refractivity contribution in [1.29, 1.82) is 0 Å². The van der Waals surface area contributed by atoms with Gasteiger partial charge in [-0.2, -0.15) is 0 Å². The molecule has 1 rings (SSSR count). The Morgan fingerprint density at radius 3 is 2.47 bits per heavy atom. The third-order valence-corrected chi connectivity index (χ3v) is 3.66. The molecule has 0 bridgehead atoms. The van der Waals surface area contributed by atoms with E-state index in [9.17, 15) is 13.2 Å². The zero-order valence-electron chi connectivity index (χ0n) is 9.59. The number of nitrogens with two attached hydrogens (primary N) is 1. The Kier molecular flexibility index (Phi) is 4.65. The van der Waals surface area contributed by atoms with Crippen LogP contribution in [0.5, 0.6) is 0 Å². The van der Waals surface area contributed by atoms with E-state index in [2.05, 4.69) is 5.32 Å². The lowest BCUT2D eigenvalue weighted by atomic mass is 10.3. The van der Waals surface area contributed by atoms with Gasteiger partial charge in [0.2, 0.25) is 5.91 Å². The van der Waals surface area contributed by atoms with Crippen molar-refractivity contribution in [2.45, 2.75) is 13.0 Å². The number of hydrogen-bond acceptors (Lipinski definition) is 4. The van der Waals surface area contributed by atoms with E-state index in [1.165, 1.54) is 0 Å². The fourth-order valence-corrected chi connectivity index (χ4v) is 2.77. The first-order valence-corrected chi connectivity index (χ1v) is 7.02. The highest BCUT2D eigenvalue weighted by atomic mass is 32.2. The maximum Gasteiger partial charge on any atom is 0.239 e. The number of carbonyl (C=O) groups is 1. The van der Waals surface area contributed by atoms with Crippen molar-refractivity contribution >= 4 is 21.4 Å². The molecule has 17 heavy (non-hydrogen) atoms. The SMILES string of the molecule is CC(N)CS(=O)(=O)CC(=O)Nc1ccccc1. The van der Waals surface area contributed by atoms with Crippen LogP contribution >= 0.6 is 0 Å². The summed E-state index contributed by atoms with van der Waals surface area (Å²) in [5.74, 6) is -1.27. The molecule has 1 atom stereocenters. The monoisotopic (exact) mass is 256 g/mol. The minimum Gasteiger partial charge on any atom is -0.327 e. The molecule has 0 saturated heterocycles. The third-order valence-electron chi connectivity index (χ3n) is 1.93. The average molecular weight is 256 g/mol. The molecule has 0 radical (unpaired) electrons. The summed E-state index contributed by atoms with van der Waals surface area (Å²) >= 11 is 0. The molecule has 1 unspecified atom stereocenters. The Morgan fingerprint density at radius 1 is 1.35 bits per heavy atom. The third kappa shape index (κ3) is 5.46. The molecule has 3 N–H and O–H groups in total. The number of carbonyl (C=O) groups excluding carboxylic acids is 1. The van der Waals surface area contributed by atoms with Crippen molar-refractivity contribution in [3.63, 3.8) is 0 Å². The maximum atomic E-state index is 11.5. The van der Waals surface area contributed by atoms with Crippen LogP contribution in [0.4, 0.5) is 5.69 Å². The van der Waals surface area contributed by atoms with Crippen molar-refractivity contribution in [2.24, 2.45) is 5.73 Å². The maximum absolute atomic E-state index is 11.5. The quantitative estimate of drug-likeness (QED) is 0.797. The Labute approximate surface area is 101 Å². The van der Waals surface area contributed by atoms with Gasteiger partial charge in [0.15, 0.2) is 9.84 Å². The van der Waals surface area contributed by atoms with Gasteiger partial charge in [-0.1, -0.05) is 18.2 Å². The van der Waals surface area contributed by atoms with Crippen molar-refractivity contribution < 1.29 is 13.2 Å². The molecule has 6 heteroatoms. The van der Waals surface area contributed by atoms with E-state index in [0.717, 1.165) is 0 Å². The van der Waals surface area contributed by atoms with Crippen LogP contribution in [0, 0.1) is 0 Å². The largest absolute Gasteiger partial charge is 0.327 e. The van der Waals surface area contributed by atoms with Gasteiger partial charge in [0, 0.05) is 11.7 Å². The van der Waals surface area contributed by atoms with E-state index in [-0.39, 0.29) is 5.75 Å². The van der Waals surface area contributed by atoms with Gasteiger partial charge in [-0.15, -0.1) is 0 Å². The Morgan fingerprint density at radius 2 is 1.94 bits per heavy atom. The van der Waals surface area contributed by atoms with Gasteiger partial charge in [0.05, 0.1) is 5.75 Å². The fraction of sp³-hybridized carbons (Fsp3) is 0.364. The molecule has 0 fully saturated rings.